The lowest BCUT2D eigenvalue weighted by Gasteiger charge is -2.12. The van der Waals surface area contributed by atoms with Gasteiger partial charge in [-0.3, -0.25) is 4.79 Å². The molecule has 8 heteroatoms. The van der Waals surface area contributed by atoms with Crippen molar-refractivity contribution in [2.75, 3.05) is 0 Å². The predicted molar refractivity (Wildman–Crippen MR) is 148 cm³/mol. The molecule has 0 unspecified atom stereocenters. The highest BCUT2D eigenvalue weighted by atomic mass is 79.9. The summed E-state index contributed by atoms with van der Waals surface area (Å²) >= 11 is 13.5. The van der Waals surface area contributed by atoms with Crippen LogP contribution in [0.3, 0.4) is 0 Å². The fourth-order valence-corrected chi connectivity index (χ4v) is 5.36. The van der Waals surface area contributed by atoms with E-state index in [0.717, 1.165) is 37.1 Å². The van der Waals surface area contributed by atoms with E-state index < -0.39 is 0 Å². The van der Waals surface area contributed by atoms with Crippen LogP contribution in [0.25, 0.3) is 5.69 Å². The third-order valence-corrected chi connectivity index (χ3v) is 6.84. The first kappa shape index (κ1) is 25.2. The molecule has 1 heterocycles. The second-order valence-electron chi connectivity index (χ2n) is 7.90. The van der Waals surface area contributed by atoms with Gasteiger partial charge in [0, 0.05) is 17.1 Å². The van der Waals surface area contributed by atoms with E-state index >= 15 is 0 Å². The molecule has 0 spiro atoms. The van der Waals surface area contributed by atoms with Gasteiger partial charge in [-0.2, -0.15) is 5.10 Å². The number of carbonyl (C=O) groups excluding carboxylic acids is 1. The Morgan fingerprint density at radius 2 is 1.66 bits per heavy atom. The maximum Gasteiger partial charge on any atom is 0.272 e. The summed E-state index contributed by atoms with van der Waals surface area (Å²) in [5.41, 5.74) is 7.83. The number of nitrogens with one attached hydrogen (secondary N) is 1. The maximum absolute atomic E-state index is 12.6. The topological polar surface area (TPSA) is 55.6 Å². The Balaban J connectivity index is 1.42. The van der Waals surface area contributed by atoms with Gasteiger partial charge in [0.05, 0.1) is 25.7 Å². The van der Waals surface area contributed by atoms with E-state index in [4.69, 9.17) is 16.3 Å². The molecule has 0 radical (unpaired) electrons. The van der Waals surface area contributed by atoms with Crippen LogP contribution in [0.2, 0.25) is 5.02 Å². The van der Waals surface area contributed by atoms with Gasteiger partial charge in [-0.05, 0) is 99.3 Å². The first-order chi connectivity index (χ1) is 16.8. The fourth-order valence-electron chi connectivity index (χ4n) is 3.65. The smallest absolute Gasteiger partial charge is 0.272 e. The number of hydrogen-bond acceptors (Lipinski definition) is 3. The molecule has 1 aromatic heterocycles. The Labute approximate surface area is 226 Å². The lowest BCUT2D eigenvalue weighted by atomic mass is 10.2. The molecule has 3 aromatic carbocycles. The molecule has 0 saturated heterocycles. The van der Waals surface area contributed by atoms with Gasteiger partial charge in [-0.15, -0.1) is 0 Å². The lowest BCUT2D eigenvalue weighted by Crippen LogP contribution is -2.18. The van der Waals surface area contributed by atoms with Crippen molar-refractivity contribution in [2.24, 2.45) is 5.10 Å². The van der Waals surface area contributed by atoms with E-state index in [0.29, 0.717) is 22.9 Å². The molecule has 0 fully saturated rings. The predicted octanol–water partition coefficient (Wildman–Crippen LogP) is 7.62. The van der Waals surface area contributed by atoms with Crippen LogP contribution in [-0.2, 0) is 6.61 Å². The van der Waals surface area contributed by atoms with E-state index in [1.165, 1.54) is 0 Å². The van der Waals surface area contributed by atoms with Gasteiger partial charge in [-0.1, -0.05) is 41.9 Å². The van der Waals surface area contributed by atoms with Gasteiger partial charge >= 0.3 is 0 Å². The molecule has 0 bridgehead atoms. The summed E-state index contributed by atoms with van der Waals surface area (Å²) < 4.78 is 9.56. The number of halogens is 3. The highest BCUT2D eigenvalue weighted by Crippen LogP contribution is 2.35. The minimum atomic E-state index is -0.389. The van der Waals surface area contributed by atoms with Crippen LogP contribution in [0.4, 0.5) is 0 Å². The van der Waals surface area contributed by atoms with Gasteiger partial charge < -0.3 is 9.30 Å². The minimum absolute atomic E-state index is 0.349. The number of benzene rings is 3. The molecule has 178 valence electrons. The van der Waals surface area contributed by atoms with Crippen LogP contribution in [0.1, 0.15) is 32.9 Å². The first-order valence-corrected chi connectivity index (χ1v) is 12.7. The SMILES string of the molecule is Cc1ccc(C)n1-c1ccc(C(=O)N/N=C\c2cc(Br)c(OCc3ccccc3)c(Br)c2)c(Cl)c1. The molecular formula is C27H22Br2ClN3O2. The number of aryl methyl sites for hydroxylation is 2. The van der Waals surface area contributed by atoms with Crippen molar-refractivity contribution in [3.05, 3.63) is 115 Å². The number of carbonyl (C=O) groups is 1. The van der Waals surface area contributed by atoms with E-state index in [1.54, 1.807) is 18.3 Å². The van der Waals surface area contributed by atoms with Crippen molar-refractivity contribution in [1.29, 1.82) is 0 Å². The number of amides is 1. The average Bonchev–Trinajstić information content (AvgIpc) is 3.16. The fraction of sp³-hybridized carbons (Fsp3) is 0.111. The van der Waals surface area contributed by atoms with Crippen LogP contribution in [0.15, 0.2) is 86.8 Å². The van der Waals surface area contributed by atoms with Crippen molar-refractivity contribution in [2.45, 2.75) is 20.5 Å². The molecule has 0 aliphatic carbocycles. The highest BCUT2D eigenvalue weighted by Gasteiger charge is 2.13. The quantitative estimate of drug-likeness (QED) is 0.172. The molecule has 0 aliphatic heterocycles. The minimum Gasteiger partial charge on any atom is -0.487 e. The van der Waals surface area contributed by atoms with Crippen LogP contribution in [-0.4, -0.2) is 16.7 Å². The Hall–Kier alpha value is -2.87. The summed E-state index contributed by atoms with van der Waals surface area (Å²) in [7, 11) is 0. The molecular weight excluding hydrogens is 594 g/mol. The molecule has 4 aromatic rings. The Kier molecular flexibility index (Phi) is 8.11. The van der Waals surface area contributed by atoms with Crippen molar-refractivity contribution in [1.82, 2.24) is 9.99 Å². The molecule has 5 nitrogen and oxygen atoms in total. The molecule has 4 rings (SSSR count). The van der Waals surface area contributed by atoms with Crippen molar-refractivity contribution >= 4 is 55.6 Å². The van der Waals surface area contributed by atoms with Crippen molar-refractivity contribution in [3.63, 3.8) is 0 Å². The molecule has 1 amide bonds. The van der Waals surface area contributed by atoms with E-state index in [-0.39, 0.29) is 5.91 Å². The normalized spacial score (nSPS) is 11.1. The van der Waals surface area contributed by atoms with Gasteiger partial charge in [-0.25, -0.2) is 5.43 Å². The van der Waals surface area contributed by atoms with Crippen molar-refractivity contribution in [3.8, 4) is 11.4 Å². The van der Waals surface area contributed by atoms with Crippen LogP contribution >= 0.6 is 43.5 Å². The third-order valence-electron chi connectivity index (χ3n) is 5.35. The zero-order valence-electron chi connectivity index (χ0n) is 19.1. The van der Waals surface area contributed by atoms with E-state index in [9.17, 15) is 4.79 Å². The summed E-state index contributed by atoms with van der Waals surface area (Å²) in [6, 6.07) is 23.1. The van der Waals surface area contributed by atoms with Crippen LogP contribution in [0.5, 0.6) is 5.75 Å². The van der Waals surface area contributed by atoms with Gasteiger partial charge in [0.15, 0.2) is 0 Å². The summed E-state index contributed by atoms with van der Waals surface area (Å²) in [4.78, 5) is 12.6. The van der Waals surface area contributed by atoms with Crippen LogP contribution < -0.4 is 10.2 Å². The average molecular weight is 616 g/mol. The zero-order chi connectivity index (χ0) is 24.9. The van der Waals surface area contributed by atoms with E-state index in [2.05, 4.69) is 47.0 Å². The Morgan fingerprint density at radius 1 is 1.00 bits per heavy atom. The molecule has 1 N–H and O–H groups in total. The van der Waals surface area contributed by atoms with Crippen molar-refractivity contribution < 1.29 is 9.53 Å². The number of ether oxygens (including phenoxy) is 1. The lowest BCUT2D eigenvalue weighted by molar-refractivity contribution is 0.0955. The summed E-state index contributed by atoms with van der Waals surface area (Å²) in [5, 5.41) is 4.45. The van der Waals surface area contributed by atoms with Gasteiger partial charge in [0.25, 0.3) is 5.91 Å². The summed E-state index contributed by atoms with van der Waals surface area (Å²) in [5.74, 6) is 0.301. The second-order valence-corrected chi connectivity index (χ2v) is 10.0. The second kappa shape index (κ2) is 11.2. The third kappa shape index (κ3) is 6.04. The standard InChI is InChI=1S/C27H22Br2ClN3O2/c1-17-8-9-18(2)33(17)21-10-11-22(25(30)14-21)27(34)32-31-15-20-12-23(28)26(24(29)13-20)35-16-19-6-4-3-5-7-19/h3-15H,16H2,1-2H3,(H,32,34)/b31-15-. The Morgan fingerprint density at radius 3 is 2.29 bits per heavy atom. The summed E-state index contributed by atoms with van der Waals surface area (Å²) in [6.45, 7) is 4.49. The molecule has 0 saturated carbocycles. The van der Waals surface area contributed by atoms with E-state index in [1.807, 2.05) is 74.5 Å². The highest BCUT2D eigenvalue weighted by molar-refractivity contribution is 9.11. The Bertz CT molecular complexity index is 1360. The van der Waals surface area contributed by atoms with Gasteiger partial charge in [0.2, 0.25) is 0 Å². The zero-order valence-corrected chi connectivity index (χ0v) is 23.0. The molecule has 0 aliphatic rings. The largest absolute Gasteiger partial charge is 0.487 e. The maximum atomic E-state index is 12.6. The summed E-state index contributed by atoms with van der Waals surface area (Å²) in [6.07, 6.45) is 1.56. The monoisotopic (exact) mass is 613 g/mol. The number of rotatable bonds is 7. The van der Waals surface area contributed by atoms with Gasteiger partial charge in [0.1, 0.15) is 12.4 Å². The van der Waals surface area contributed by atoms with Crippen LogP contribution in [0, 0.1) is 13.8 Å². The molecule has 35 heavy (non-hydrogen) atoms. The number of nitrogens with zero attached hydrogens (tertiary/aromatic N) is 2. The first-order valence-electron chi connectivity index (χ1n) is 10.8. The number of aromatic nitrogens is 1. The number of hydrazone groups is 1. The molecule has 0 atom stereocenters. The number of hydrogen-bond donors (Lipinski definition) is 1.